The van der Waals surface area contributed by atoms with Crippen molar-refractivity contribution in [1.82, 2.24) is 0 Å². The molecule has 3 aromatic rings. The molecule has 0 aliphatic carbocycles. The fraction of sp³-hybridized carbons (Fsp3) is 0.280. The van der Waals surface area contributed by atoms with E-state index in [0.29, 0.717) is 23.7 Å². The third-order valence-electron chi connectivity index (χ3n) is 5.39. The molecule has 0 fully saturated rings. The van der Waals surface area contributed by atoms with Crippen molar-refractivity contribution in [3.63, 3.8) is 0 Å². The zero-order valence-corrected chi connectivity index (χ0v) is 19.2. The second kappa shape index (κ2) is 7.52. The van der Waals surface area contributed by atoms with Gasteiger partial charge >= 0.3 is 7.82 Å². The van der Waals surface area contributed by atoms with E-state index in [1.807, 2.05) is 58.0 Å². The zero-order chi connectivity index (χ0) is 21.6. The van der Waals surface area contributed by atoms with E-state index >= 15 is 0 Å². The van der Waals surface area contributed by atoms with Gasteiger partial charge < -0.3 is 13.6 Å². The molecule has 0 amide bonds. The Bertz CT molecular complexity index is 1110. The number of rotatable bonds is 2. The molecule has 3 aromatic carbocycles. The van der Waals surface area contributed by atoms with Gasteiger partial charge in [-0.05, 0) is 74.9 Å². The smallest absolute Gasteiger partial charge is 0.385 e. The highest BCUT2D eigenvalue weighted by Crippen LogP contribution is 2.55. The minimum atomic E-state index is -4.01. The lowest BCUT2D eigenvalue weighted by molar-refractivity contribution is 0.291. The van der Waals surface area contributed by atoms with E-state index in [4.69, 9.17) is 13.6 Å². The Balaban J connectivity index is 1.92. The van der Waals surface area contributed by atoms with Gasteiger partial charge in [-0.1, -0.05) is 53.6 Å². The van der Waals surface area contributed by atoms with Crippen LogP contribution in [-0.2, 0) is 11.0 Å². The third kappa shape index (κ3) is 3.85. The molecule has 0 atom stereocenters. The van der Waals surface area contributed by atoms with Gasteiger partial charge in [0.1, 0.15) is 17.2 Å². The van der Waals surface area contributed by atoms with Crippen LogP contribution in [0.4, 0.5) is 0 Å². The van der Waals surface area contributed by atoms with Gasteiger partial charge in [-0.15, -0.1) is 0 Å². The molecule has 1 aliphatic heterocycles. The molecule has 0 bridgehead atoms. The zero-order valence-electron chi connectivity index (χ0n) is 18.3. The van der Waals surface area contributed by atoms with Crippen LogP contribution in [0.15, 0.2) is 42.5 Å². The second-order valence-corrected chi connectivity index (χ2v) is 9.70. The summed E-state index contributed by atoms with van der Waals surface area (Å²) in [6.07, 6.45) is 0.638. The highest BCUT2D eigenvalue weighted by atomic mass is 31.2. The monoisotopic (exact) mass is 422 g/mol. The summed E-state index contributed by atoms with van der Waals surface area (Å²) >= 11 is 0. The van der Waals surface area contributed by atoms with Crippen molar-refractivity contribution >= 4 is 7.82 Å². The largest absolute Gasteiger partial charge is 0.647 e. The lowest BCUT2D eigenvalue weighted by Crippen LogP contribution is -2.14. The van der Waals surface area contributed by atoms with E-state index in [1.165, 1.54) is 0 Å². The Morgan fingerprint density at radius 3 is 1.67 bits per heavy atom. The van der Waals surface area contributed by atoms with Crippen molar-refractivity contribution in [1.29, 1.82) is 0 Å². The molecule has 0 radical (unpaired) electrons. The van der Waals surface area contributed by atoms with Crippen LogP contribution in [0.2, 0.25) is 0 Å². The SMILES string of the molecule is Cc1cc(C)c2c(c1)Cc1cc(C)cc(C)c1OP(=O)(Oc1c(C)cccc1C)O2. The second-order valence-electron chi connectivity index (χ2n) is 8.26. The number of para-hydroxylation sites is 1. The van der Waals surface area contributed by atoms with Crippen molar-refractivity contribution in [3.05, 3.63) is 87.0 Å². The summed E-state index contributed by atoms with van der Waals surface area (Å²) in [4.78, 5) is 0. The predicted octanol–water partition coefficient (Wildman–Crippen LogP) is 7.09. The summed E-state index contributed by atoms with van der Waals surface area (Å²) in [6.45, 7) is 11.9. The minimum absolute atomic E-state index is 0.527. The van der Waals surface area contributed by atoms with Crippen LogP contribution >= 0.6 is 7.82 Å². The molecule has 0 saturated heterocycles. The van der Waals surface area contributed by atoms with Crippen LogP contribution in [0.25, 0.3) is 0 Å². The number of hydrogen-bond acceptors (Lipinski definition) is 4. The van der Waals surface area contributed by atoms with Gasteiger partial charge in [0.15, 0.2) is 0 Å². The normalized spacial score (nSPS) is 14.5. The van der Waals surface area contributed by atoms with Gasteiger partial charge in [0, 0.05) is 6.42 Å². The van der Waals surface area contributed by atoms with E-state index < -0.39 is 7.82 Å². The average molecular weight is 422 g/mol. The van der Waals surface area contributed by atoms with Crippen LogP contribution in [0.5, 0.6) is 17.2 Å². The first kappa shape index (κ1) is 20.6. The fourth-order valence-electron chi connectivity index (χ4n) is 4.15. The number of aryl methyl sites for hydroxylation is 6. The Morgan fingerprint density at radius 1 is 0.733 bits per heavy atom. The molecular weight excluding hydrogens is 395 g/mol. The van der Waals surface area contributed by atoms with E-state index in [2.05, 4.69) is 26.0 Å². The summed E-state index contributed by atoms with van der Waals surface area (Å²) in [5.41, 5.74) is 7.79. The van der Waals surface area contributed by atoms with Gasteiger partial charge in [0.05, 0.1) is 0 Å². The van der Waals surface area contributed by atoms with Crippen molar-refractivity contribution in [3.8, 4) is 17.2 Å². The van der Waals surface area contributed by atoms with Crippen molar-refractivity contribution in [2.24, 2.45) is 0 Å². The molecule has 30 heavy (non-hydrogen) atoms. The Hall–Kier alpha value is -2.71. The van der Waals surface area contributed by atoms with E-state index in [-0.39, 0.29) is 0 Å². The summed E-state index contributed by atoms with van der Waals surface area (Å²) in [6, 6.07) is 14.0. The van der Waals surface area contributed by atoms with Crippen LogP contribution in [0, 0.1) is 41.5 Å². The van der Waals surface area contributed by atoms with Gasteiger partial charge in [-0.3, -0.25) is 0 Å². The van der Waals surface area contributed by atoms with Crippen molar-refractivity contribution in [2.45, 2.75) is 48.0 Å². The number of hydrogen-bond donors (Lipinski definition) is 0. The van der Waals surface area contributed by atoms with Crippen LogP contribution in [0.3, 0.4) is 0 Å². The quantitative estimate of drug-likeness (QED) is 0.414. The number of fused-ring (bicyclic) bond motifs is 2. The first-order chi connectivity index (χ1) is 14.1. The Morgan fingerprint density at radius 2 is 1.20 bits per heavy atom. The first-order valence-corrected chi connectivity index (χ1v) is 11.6. The molecule has 0 spiro atoms. The average Bonchev–Trinajstić information content (AvgIpc) is 2.63. The lowest BCUT2D eigenvalue weighted by Gasteiger charge is -2.27. The van der Waals surface area contributed by atoms with Gasteiger partial charge in [-0.25, -0.2) is 0 Å². The highest BCUT2D eigenvalue weighted by Gasteiger charge is 2.38. The summed E-state index contributed by atoms with van der Waals surface area (Å²) in [5.74, 6) is 1.67. The summed E-state index contributed by atoms with van der Waals surface area (Å²) < 4.78 is 32.2. The Labute approximate surface area is 178 Å². The summed E-state index contributed by atoms with van der Waals surface area (Å²) in [7, 11) is -4.01. The fourth-order valence-corrected chi connectivity index (χ4v) is 5.74. The maximum atomic E-state index is 14.0. The van der Waals surface area contributed by atoms with E-state index in [0.717, 1.165) is 44.5 Å². The predicted molar refractivity (Wildman–Crippen MR) is 120 cm³/mol. The van der Waals surface area contributed by atoms with E-state index in [1.54, 1.807) is 0 Å². The Kier molecular flexibility index (Phi) is 5.15. The molecule has 5 heteroatoms. The summed E-state index contributed by atoms with van der Waals surface area (Å²) in [5, 5.41) is 0. The molecule has 0 saturated carbocycles. The lowest BCUT2D eigenvalue weighted by atomic mass is 9.96. The first-order valence-electron chi connectivity index (χ1n) is 10.1. The molecule has 0 unspecified atom stereocenters. The third-order valence-corrected chi connectivity index (χ3v) is 6.61. The standard InChI is InChI=1S/C25H27O4P/c1-15-10-19(5)24-21(12-15)14-22-13-16(2)11-20(6)25(22)29-30(26,28-24)27-23-17(3)8-7-9-18(23)4/h7-13H,14H2,1-6H3. The van der Waals surface area contributed by atoms with Crippen molar-refractivity contribution in [2.75, 3.05) is 0 Å². The molecule has 1 heterocycles. The van der Waals surface area contributed by atoms with Crippen LogP contribution in [-0.4, -0.2) is 0 Å². The number of phosphoric acid groups is 1. The topological polar surface area (TPSA) is 44.8 Å². The number of benzene rings is 3. The highest BCUT2D eigenvalue weighted by molar-refractivity contribution is 7.49. The van der Waals surface area contributed by atoms with Crippen molar-refractivity contribution < 1.29 is 18.1 Å². The van der Waals surface area contributed by atoms with E-state index in [9.17, 15) is 4.57 Å². The number of phosphoric ester groups is 1. The van der Waals surface area contributed by atoms with Gasteiger partial charge in [-0.2, -0.15) is 4.57 Å². The maximum Gasteiger partial charge on any atom is 0.647 e. The van der Waals surface area contributed by atoms with Gasteiger partial charge in [0.25, 0.3) is 0 Å². The molecule has 4 nitrogen and oxygen atoms in total. The minimum Gasteiger partial charge on any atom is -0.385 e. The van der Waals surface area contributed by atoms with Gasteiger partial charge in [0.2, 0.25) is 0 Å². The van der Waals surface area contributed by atoms with Crippen LogP contribution in [0.1, 0.15) is 44.5 Å². The molecule has 0 N–H and O–H groups in total. The molecule has 0 aromatic heterocycles. The molecular formula is C25H27O4P. The molecule has 4 rings (SSSR count). The van der Waals surface area contributed by atoms with Crippen LogP contribution < -0.4 is 13.6 Å². The molecule has 156 valence electrons. The molecule has 1 aliphatic rings. The maximum absolute atomic E-state index is 14.0.